The van der Waals surface area contributed by atoms with Crippen molar-refractivity contribution in [2.24, 2.45) is 0 Å². The van der Waals surface area contributed by atoms with Crippen molar-refractivity contribution < 1.29 is 22.7 Å². The number of nitrogens with one attached hydrogen (secondary N) is 2. The molecule has 2 aromatic heterocycles. The van der Waals surface area contributed by atoms with Gasteiger partial charge in [-0.05, 0) is 50.2 Å². The number of ether oxygens (including phenoxy) is 1. The maximum absolute atomic E-state index is 13.7. The number of aromatic nitrogens is 4. The fourth-order valence-corrected chi connectivity index (χ4v) is 4.25. The number of hydrogen-bond acceptors (Lipinski definition) is 7. The molecule has 2 N–H and O–H groups in total. The molecule has 184 valence electrons. The van der Waals surface area contributed by atoms with Gasteiger partial charge in [-0.25, -0.2) is 9.97 Å². The summed E-state index contributed by atoms with van der Waals surface area (Å²) in [6, 6.07) is 7.07. The number of anilines is 3. The van der Waals surface area contributed by atoms with E-state index in [2.05, 4.69) is 25.7 Å². The molecule has 0 aliphatic carbocycles. The molecule has 0 radical (unpaired) electrons. The average Bonchev–Trinajstić information content (AvgIpc) is 3.35. The molecule has 2 aliphatic heterocycles. The van der Waals surface area contributed by atoms with E-state index in [9.17, 15) is 18.0 Å². The van der Waals surface area contributed by atoms with Gasteiger partial charge < -0.3 is 20.3 Å². The first-order valence-corrected chi connectivity index (χ1v) is 11.3. The Kier molecular flexibility index (Phi) is 6.39. The van der Waals surface area contributed by atoms with Crippen LogP contribution in [0.25, 0.3) is 11.3 Å². The lowest BCUT2D eigenvalue weighted by molar-refractivity contribution is -0.137. The zero-order valence-corrected chi connectivity index (χ0v) is 18.8. The van der Waals surface area contributed by atoms with E-state index in [0.29, 0.717) is 24.5 Å². The number of hydrogen-bond donors (Lipinski definition) is 2. The van der Waals surface area contributed by atoms with Gasteiger partial charge in [0.1, 0.15) is 12.2 Å². The molecule has 3 aromatic rings. The van der Waals surface area contributed by atoms with Crippen molar-refractivity contribution in [2.75, 3.05) is 43.1 Å². The van der Waals surface area contributed by atoms with Crippen LogP contribution in [-0.2, 0) is 15.7 Å². The van der Waals surface area contributed by atoms with E-state index in [1.165, 1.54) is 6.20 Å². The van der Waals surface area contributed by atoms with Gasteiger partial charge in [-0.15, -0.1) is 0 Å². The zero-order chi connectivity index (χ0) is 24.4. The van der Waals surface area contributed by atoms with Gasteiger partial charge in [0, 0.05) is 35.9 Å². The highest BCUT2D eigenvalue weighted by atomic mass is 19.4. The Balaban J connectivity index is 1.39. The number of alkyl halides is 3. The molecule has 5 rings (SSSR count). The molecule has 0 saturated carbocycles. The van der Waals surface area contributed by atoms with E-state index in [1.54, 1.807) is 40.0 Å². The number of amides is 1. The molecule has 0 bridgehead atoms. The van der Waals surface area contributed by atoms with Crippen molar-refractivity contribution in [2.45, 2.75) is 25.1 Å². The molecular weight excluding hydrogens is 463 g/mol. The fourth-order valence-electron chi connectivity index (χ4n) is 4.25. The van der Waals surface area contributed by atoms with Crippen LogP contribution < -0.4 is 15.5 Å². The van der Waals surface area contributed by atoms with Gasteiger partial charge in [-0.3, -0.25) is 9.48 Å². The molecule has 35 heavy (non-hydrogen) atoms. The van der Waals surface area contributed by atoms with Crippen molar-refractivity contribution >= 4 is 23.2 Å². The predicted octanol–water partition coefficient (Wildman–Crippen LogP) is 3.39. The summed E-state index contributed by atoms with van der Waals surface area (Å²) in [5, 5.41) is 10.5. The smallest absolute Gasteiger partial charge is 0.370 e. The summed E-state index contributed by atoms with van der Waals surface area (Å²) in [5.41, 5.74) is 0.413. The van der Waals surface area contributed by atoms with Crippen LogP contribution in [0.15, 0.2) is 42.9 Å². The number of morpholine rings is 1. The van der Waals surface area contributed by atoms with Crippen LogP contribution in [0.2, 0.25) is 0 Å². The number of piperidine rings is 1. The highest BCUT2D eigenvalue weighted by molar-refractivity contribution is 5.95. The van der Waals surface area contributed by atoms with Gasteiger partial charge >= 0.3 is 6.18 Å². The Bertz CT molecular complexity index is 1190. The molecule has 9 nitrogen and oxygen atoms in total. The molecule has 0 atom stereocenters. The van der Waals surface area contributed by atoms with Crippen molar-refractivity contribution in [3.8, 4) is 11.3 Å². The number of halogens is 3. The largest absolute Gasteiger partial charge is 0.419 e. The zero-order valence-electron chi connectivity index (χ0n) is 18.8. The number of nitrogens with zero attached hydrogens (tertiary/aromatic N) is 5. The summed E-state index contributed by atoms with van der Waals surface area (Å²) in [6.45, 7) is 2.64. The first-order chi connectivity index (χ1) is 16.9. The molecule has 1 amide bonds. The monoisotopic (exact) mass is 487 g/mol. The van der Waals surface area contributed by atoms with Gasteiger partial charge in [-0.2, -0.15) is 18.3 Å². The molecule has 0 unspecified atom stereocenters. The molecule has 1 aromatic carbocycles. The van der Waals surface area contributed by atoms with E-state index >= 15 is 0 Å². The summed E-state index contributed by atoms with van der Waals surface area (Å²) in [6.07, 6.45) is 0.916. The van der Waals surface area contributed by atoms with Gasteiger partial charge in [0.15, 0.2) is 0 Å². The lowest BCUT2D eigenvalue weighted by Gasteiger charge is -2.26. The van der Waals surface area contributed by atoms with Crippen LogP contribution >= 0.6 is 0 Å². The predicted molar refractivity (Wildman–Crippen MR) is 122 cm³/mol. The SMILES string of the molecule is O=C1COCCN1c1ccc(Nc2ncc(C(F)(F)F)c(-c3cnn(C4CCNCC4)c3)n2)cc1. The Labute approximate surface area is 199 Å². The topological polar surface area (TPSA) is 97.2 Å². The molecular formula is C23H24F3N7O2. The lowest BCUT2D eigenvalue weighted by atomic mass is 10.1. The first kappa shape index (κ1) is 23.2. The summed E-state index contributed by atoms with van der Waals surface area (Å²) in [7, 11) is 0. The lowest BCUT2D eigenvalue weighted by Crippen LogP contribution is -2.41. The standard InChI is InChI=1S/C23H24F3N7O2/c24-23(25,26)19-12-28-22(30-16-1-3-17(4-2-16)32-9-10-35-14-20(32)34)31-21(19)15-11-29-33(13-15)18-5-7-27-8-6-18/h1-4,11-13,18,27H,5-10,14H2,(H,28,30,31). The number of carbonyl (C=O) groups excluding carboxylic acids is 1. The summed E-state index contributed by atoms with van der Waals surface area (Å²) >= 11 is 0. The Morgan fingerprint density at radius 3 is 2.60 bits per heavy atom. The number of benzene rings is 1. The molecule has 2 saturated heterocycles. The minimum atomic E-state index is -4.61. The highest BCUT2D eigenvalue weighted by Crippen LogP contribution is 2.36. The number of rotatable bonds is 5. The van der Waals surface area contributed by atoms with Crippen molar-refractivity contribution in [1.29, 1.82) is 0 Å². The second-order valence-electron chi connectivity index (χ2n) is 8.41. The van der Waals surface area contributed by atoms with Crippen LogP contribution in [0, 0.1) is 0 Å². The van der Waals surface area contributed by atoms with Crippen LogP contribution in [0.3, 0.4) is 0 Å². The molecule has 0 spiro atoms. The maximum Gasteiger partial charge on any atom is 0.419 e. The molecule has 2 fully saturated rings. The van der Waals surface area contributed by atoms with E-state index in [4.69, 9.17) is 4.74 Å². The summed E-state index contributed by atoms with van der Waals surface area (Å²) < 4.78 is 48.1. The van der Waals surface area contributed by atoms with Crippen LogP contribution in [0.4, 0.5) is 30.5 Å². The Morgan fingerprint density at radius 1 is 1.11 bits per heavy atom. The van der Waals surface area contributed by atoms with Crippen LogP contribution in [0.1, 0.15) is 24.4 Å². The normalized spacial score (nSPS) is 17.6. The Morgan fingerprint density at radius 2 is 1.89 bits per heavy atom. The third-order valence-corrected chi connectivity index (χ3v) is 6.07. The third kappa shape index (κ3) is 5.13. The van der Waals surface area contributed by atoms with Crippen molar-refractivity contribution in [3.05, 3.63) is 48.4 Å². The molecule has 12 heteroatoms. The minimum Gasteiger partial charge on any atom is -0.370 e. The second kappa shape index (κ2) is 9.62. The van der Waals surface area contributed by atoms with Crippen molar-refractivity contribution in [1.82, 2.24) is 25.1 Å². The molecule has 4 heterocycles. The van der Waals surface area contributed by atoms with Crippen molar-refractivity contribution in [3.63, 3.8) is 0 Å². The summed E-state index contributed by atoms with van der Waals surface area (Å²) in [5.74, 6) is -0.101. The van der Waals surface area contributed by atoms with E-state index in [-0.39, 0.29) is 35.8 Å². The average molecular weight is 487 g/mol. The third-order valence-electron chi connectivity index (χ3n) is 6.07. The van der Waals surface area contributed by atoms with E-state index in [1.807, 2.05) is 0 Å². The van der Waals surface area contributed by atoms with E-state index in [0.717, 1.165) is 32.1 Å². The van der Waals surface area contributed by atoms with Gasteiger partial charge in [-0.1, -0.05) is 0 Å². The van der Waals surface area contributed by atoms with Gasteiger partial charge in [0.2, 0.25) is 5.95 Å². The first-order valence-electron chi connectivity index (χ1n) is 11.3. The van der Waals surface area contributed by atoms with E-state index < -0.39 is 11.7 Å². The van der Waals surface area contributed by atoms with Crippen LogP contribution in [-0.4, -0.2) is 58.5 Å². The maximum atomic E-state index is 13.7. The van der Waals surface area contributed by atoms with Crippen LogP contribution in [0.5, 0.6) is 0 Å². The number of carbonyl (C=O) groups is 1. The fraction of sp³-hybridized carbons (Fsp3) is 0.391. The Hall–Kier alpha value is -3.51. The molecule has 2 aliphatic rings. The van der Waals surface area contributed by atoms with Gasteiger partial charge in [0.25, 0.3) is 5.91 Å². The quantitative estimate of drug-likeness (QED) is 0.570. The summed E-state index contributed by atoms with van der Waals surface area (Å²) in [4.78, 5) is 21.7. The van der Waals surface area contributed by atoms with Gasteiger partial charge in [0.05, 0.1) is 24.5 Å². The second-order valence-corrected chi connectivity index (χ2v) is 8.41. The highest BCUT2D eigenvalue weighted by Gasteiger charge is 2.36. The minimum absolute atomic E-state index is 0.0258.